The SMILES string of the molecule is CC(C)(C)OC(=O)N1CCCC2(CCNC2=O)C1. The van der Waals surface area contributed by atoms with Crippen molar-refractivity contribution in [1.82, 2.24) is 10.2 Å². The lowest BCUT2D eigenvalue weighted by Gasteiger charge is -2.38. The summed E-state index contributed by atoms with van der Waals surface area (Å²) in [6, 6.07) is 0. The smallest absolute Gasteiger partial charge is 0.410 e. The number of hydrogen-bond donors (Lipinski definition) is 1. The van der Waals surface area contributed by atoms with Gasteiger partial charge in [0.05, 0.1) is 5.41 Å². The van der Waals surface area contributed by atoms with E-state index in [4.69, 9.17) is 4.74 Å². The lowest BCUT2D eigenvalue weighted by atomic mass is 9.79. The van der Waals surface area contributed by atoms with Crippen molar-refractivity contribution in [2.75, 3.05) is 19.6 Å². The van der Waals surface area contributed by atoms with Gasteiger partial charge in [-0.1, -0.05) is 0 Å². The van der Waals surface area contributed by atoms with E-state index in [-0.39, 0.29) is 17.4 Å². The van der Waals surface area contributed by atoms with Gasteiger partial charge in [-0.05, 0) is 40.0 Å². The van der Waals surface area contributed by atoms with E-state index in [1.807, 2.05) is 20.8 Å². The van der Waals surface area contributed by atoms with Crippen LogP contribution in [-0.4, -0.2) is 42.1 Å². The molecule has 0 aromatic carbocycles. The number of carbonyl (C=O) groups is 2. The summed E-state index contributed by atoms with van der Waals surface area (Å²) < 4.78 is 5.37. The highest BCUT2D eigenvalue weighted by atomic mass is 16.6. The van der Waals surface area contributed by atoms with Crippen molar-refractivity contribution in [2.24, 2.45) is 5.41 Å². The molecule has 0 radical (unpaired) electrons. The molecule has 2 aliphatic heterocycles. The molecule has 2 heterocycles. The monoisotopic (exact) mass is 254 g/mol. The Balaban J connectivity index is 2.03. The third-order valence-corrected chi connectivity index (χ3v) is 3.60. The molecule has 2 rings (SSSR count). The predicted octanol–water partition coefficient (Wildman–Crippen LogP) is 1.52. The number of nitrogens with one attached hydrogen (secondary N) is 1. The highest BCUT2D eigenvalue weighted by Gasteiger charge is 2.46. The average Bonchev–Trinajstić information content (AvgIpc) is 2.58. The van der Waals surface area contributed by atoms with Gasteiger partial charge in [0.15, 0.2) is 0 Å². The minimum atomic E-state index is -0.486. The Bertz CT molecular complexity index is 362. The Hall–Kier alpha value is -1.26. The van der Waals surface area contributed by atoms with Gasteiger partial charge in [-0.2, -0.15) is 0 Å². The molecule has 0 aromatic rings. The number of rotatable bonds is 0. The summed E-state index contributed by atoms with van der Waals surface area (Å²) in [6.45, 7) is 7.46. The van der Waals surface area contributed by atoms with Crippen molar-refractivity contribution in [3.8, 4) is 0 Å². The predicted molar refractivity (Wildman–Crippen MR) is 67.1 cm³/mol. The molecule has 0 bridgehead atoms. The van der Waals surface area contributed by atoms with E-state index in [0.29, 0.717) is 13.1 Å². The van der Waals surface area contributed by atoms with Crippen LogP contribution in [0.1, 0.15) is 40.0 Å². The maximum absolute atomic E-state index is 12.0. The van der Waals surface area contributed by atoms with Gasteiger partial charge in [0.25, 0.3) is 0 Å². The second-order valence-electron chi connectivity index (χ2n) is 6.29. The van der Waals surface area contributed by atoms with Crippen molar-refractivity contribution in [1.29, 1.82) is 0 Å². The molecule has 0 saturated carbocycles. The molecule has 0 aromatic heterocycles. The van der Waals surface area contributed by atoms with Crippen LogP contribution in [0.25, 0.3) is 0 Å². The van der Waals surface area contributed by atoms with Crippen LogP contribution in [0.4, 0.5) is 4.79 Å². The minimum absolute atomic E-state index is 0.0933. The zero-order valence-corrected chi connectivity index (χ0v) is 11.4. The molecule has 2 fully saturated rings. The van der Waals surface area contributed by atoms with E-state index < -0.39 is 5.60 Å². The normalized spacial score (nSPS) is 28.4. The van der Waals surface area contributed by atoms with E-state index in [1.54, 1.807) is 4.90 Å². The first-order chi connectivity index (χ1) is 8.32. The second-order valence-corrected chi connectivity index (χ2v) is 6.29. The van der Waals surface area contributed by atoms with Crippen LogP contribution in [0.2, 0.25) is 0 Å². The Morgan fingerprint density at radius 2 is 2.11 bits per heavy atom. The molecule has 1 spiro atoms. The van der Waals surface area contributed by atoms with Crippen LogP contribution < -0.4 is 5.32 Å². The summed E-state index contributed by atoms with van der Waals surface area (Å²) in [5.74, 6) is 0.0933. The van der Waals surface area contributed by atoms with Crippen molar-refractivity contribution in [3.05, 3.63) is 0 Å². The van der Waals surface area contributed by atoms with E-state index in [9.17, 15) is 9.59 Å². The molecular weight excluding hydrogens is 232 g/mol. The van der Waals surface area contributed by atoms with E-state index >= 15 is 0 Å². The highest BCUT2D eigenvalue weighted by molar-refractivity contribution is 5.85. The van der Waals surface area contributed by atoms with Gasteiger partial charge in [-0.15, -0.1) is 0 Å². The van der Waals surface area contributed by atoms with Crippen LogP contribution in [0.15, 0.2) is 0 Å². The molecule has 5 nitrogen and oxygen atoms in total. The number of piperidine rings is 1. The fraction of sp³-hybridized carbons (Fsp3) is 0.846. The molecular formula is C13H22N2O3. The highest BCUT2D eigenvalue weighted by Crippen LogP contribution is 2.36. The summed E-state index contributed by atoms with van der Waals surface area (Å²) in [5, 5.41) is 2.87. The summed E-state index contributed by atoms with van der Waals surface area (Å²) in [7, 11) is 0. The van der Waals surface area contributed by atoms with Crippen molar-refractivity contribution >= 4 is 12.0 Å². The van der Waals surface area contributed by atoms with Crippen LogP contribution in [-0.2, 0) is 9.53 Å². The molecule has 102 valence electrons. The van der Waals surface area contributed by atoms with E-state index in [1.165, 1.54) is 0 Å². The number of ether oxygens (including phenoxy) is 1. The lowest BCUT2D eigenvalue weighted by Crippen LogP contribution is -2.50. The zero-order chi connectivity index (χ0) is 13.4. The maximum Gasteiger partial charge on any atom is 0.410 e. The number of hydrogen-bond acceptors (Lipinski definition) is 3. The second kappa shape index (κ2) is 4.44. The first-order valence-corrected chi connectivity index (χ1v) is 6.59. The average molecular weight is 254 g/mol. The van der Waals surface area contributed by atoms with Gasteiger partial charge in [-0.25, -0.2) is 4.79 Å². The fourth-order valence-electron chi connectivity index (χ4n) is 2.72. The first-order valence-electron chi connectivity index (χ1n) is 6.59. The van der Waals surface area contributed by atoms with Crippen molar-refractivity contribution in [3.63, 3.8) is 0 Å². The zero-order valence-electron chi connectivity index (χ0n) is 11.4. The molecule has 1 N–H and O–H groups in total. The third-order valence-electron chi connectivity index (χ3n) is 3.60. The fourth-order valence-corrected chi connectivity index (χ4v) is 2.72. The summed E-state index contributed by atoms with van der Waals surface area (Å²) in [5.41, 5.74) is -0.852. The molecule has 2 amide bonds. The quantitative estimate of drug-likeness (QED) is 0.713. The van der Waals surface area contributed by atoms with Gasteiger partial charge in [0.2, 0.25) is 5.91 Å². The largest absolute Gasteiger partial charge is 0.444 e. The molecule has 0 aliphatic carbocycles. The number of likely N-dealkylation sites (tertiary alicyclic amines) is 1. The molecule has 1 unspecified atom stereocenters. The van der Waals surface area contributed by atoms with Gasteiger partial charge >= 0.3 is 6.09 Å². The van der Waals surface area contributed by atoms with Crippen molar-refractivity contribution < 1.29 is 14.3 Å². The molecule has 1 atom stereocenters. The molecule has 18 heavy (non-hydrogen) atoms. The standard InChI is InChI=1S/C13H22N2O3/c1-12(2,3)18-11(17)15-8-4-5-13(9-15)6-7-14-10(13)16/h4-9H2,1-3H3,(H,14,16). The Kier molecular flexibility index (Phi) is 3.25. The van der Waals surface area contributed by atoms with Gasteiger partial charge < -0.3 is 15.0 Å². The van der Waals surface area contributed by atoms with E-state index in [0.717, 1.165) is 25.8 Å². The van der Waals surface area contributed by atoms with Gasteiger partial charge in [0, 0.05) is 19.6 Å². The first kappa shape index (κ1) is 13.2. The molecule has 2 saturated heterocycles. The van der Waals surface area contributed by atoms with Crippen molar-refractivity contribution in [2.45, 2.75) is 45.6 Å². The summed E-state index contributed by atoms with van der Waals surface area (Å²) in [6.07, 6.45) is 2.26. The van der Waals surface area contributed by atoms with Crippen LogP contribution in [0.5, 0.6) is 0 Å². The third kappa shape index (κ3) is 2.60. The maximum atomic E-state index is 12.0. The summed E-state index contributed by atoms with van der Waals surface area (Å²) >= 11 is 0. The topological polar surface area (TPSA) is 58.6 Å². The van der Waals surface area contributed by atoms with Crippen LogP contribution in [0, 0.1) is 5.41 Å². The van der Waals surface area contributed by atoms with E-state index in [2.05, 4.69) is 5.32 Å². The Morgan fingerprint density at radius 3 is 2.67 bits per heavy atom. The number of nitrogens with zero attached hydrogens (tertiary/aromatic N) is 1. The molecule has 5 heteroatoms. The number of carbonyl (C=O) groups excluding carboxylic acids is 2. The summed E-state index contributed by atoms with van der Waals surface area (Å²) in [4.78, 5) is 25.6. The molecule has 2 aliphatic rings. The van der Waals surface area contributed by atoms with Gasteiger partial charge in [0.1, 0.15) is 5.60 Å². The minimum Gasteiger partial charge on any atom is -0.444 e. The Morgan fingerprint density at radius 1 is 1.39 bits per heavy atom. The number of amides is 2. The van der Waals surface area contributed by atoms with Crippen LogP contribution >= 0.6 is 0 Å². The van der Waals surface area contributed by atoms with Crippen LogP contribution in [0.3, 0.4) is 0 Å². The van der Waals surface area contributed by atoms with Gasteiger partial charge in [-0.3, -0.25) is 4.79 Å². The Labute approximate surface area is 108 Å². The lowest BCUT2D eigenvalue weighted by molar-refractivity contribution is -0.130.